The highest BCUT2D eigenvalue weighted by atomic mass is 32.2. The van der Waals surface area contributed by atoms with Crippen molar-refractivity contribution in [3.8, 4) is 22.6 Å². The van der Waals surface area contributed by atoms with E-state index < -0.39 is 0 Å². The fraction of sp³-hybridized carbons (Fsp3) is 0.174. The number of thioether (sulfide) groups is 1. The van der Waals surface area contributed by atoms with Gasteiger partial charge in [0, 0.05) is 18.2 Å². The van der Waals surface area contributed by atoms with Gasteiger partial charge in [-0.05, 0) is 13.8 Å². The van der Waals surface area contributed by atoms with Crippen LogP contribution in [0.2, 0.25) is 0 Å². The van der Waals surface area contributed by atoms with E-state index in [-0.39, 0.29) is 11.7 Å². The average molecular weight is 419 g/mol. The quantitative estimate of drug-likeness (QED) is 0.442. The van der Waals surface area contributed by atoms with Crippen LogP contribution in [0, 0.1) is 13.8 Å². The van der Waals surface area contributed by atoms with Gasteiger partial charge in [0.25, 0.3) is 5.22 Å². The molecule has 4 aromatic rings. The van der Waals surface area contributed by atoms with Gasteiger partial charge in [0.1, 0.15) is 5.69 Å². The summed E-state index contributed by atoms with van der Waals surface area (Å²) in [6, 6.07) is 19.8. The summed E-state index contributed by atoms with van der Waals surface area (Å²) in [6.07, 6.45) is 0. The number of anilines is 1. The second-order valence-electron chi connectivity index (χ2n) is 6.90. The van der Waals surface area contributed by atoms with Crippen LogP contribution in [0.25, 0.3) is 22.6 Å². The zero-order chi connectivity index (χ0) is 21.1. The van der Waals surface area contributed by atoms with E-state index in [1.54, 1.807) is 4.68 Å². The molecule has 0 unspecified atom stereocenters. The lowest BCUT2D eigenvalue weighted by Crippen LogP contribution is -2.15. The fourth-order valence-corrected chi connectivity index (χ4v) is 3.82. The zero-order valence-electron chi connectivity index (χ0n) is 17.0. The molecule has 1 N–H and O–H groups in total. The van der Waals surface area contributed by atoms with E-state index in [1.165, 1.54) is 11.8 Å². The first-order valence-corrected chi connectivity index (χ1v) is 10.6. The lowest BCUT2D eigenvalue weighted by Gasteiger charge is -2.04. The highest BCUT2D eigenvalue weighted by Crippen LogP contribution is 2.35. The minimum Gasteiger partial charge on any atom is -0.431 e. The summed E-state index contributed by atoms with van der Waals surface area (Å²) in [6.45, 7) is 3.80. The zero-order valence-corrected chi connectivity index (χ0v) is 17.9. The largest absolute Gasteiger partial charge is 0.431 e. The summed E-state index contributed by atoms with van der Waals surface area (Å²) >= 11 is 1.27. The Bertz CT molecular complexity index is 1110. The Morgan fingerprint density at radius 1 is 1.03 bits per heavy atom. The number of carbonyl (C=O) groups excluding carboxylic acids is 1. The van der Waals surface area contributed by atoms with Crippen LogP contribution in [0.5, 0.6) is 0 Å². The number of nitrogens with one attached hydrogen (secondary N) is 1. The molecule has 30 heavy (non-hydrogen) atoms. The molecule has 0 radical (unpaired) electrons. The van der Waals surface area contributed by atoms with Crippen LogP contribution in [0.3, 0.4) is 0 Å². The van der Waals surface area contributed by atoms with Crippen LogP contribution in [-0.2, 0) is 11.8 Å². The number of nitrogens with zero attached hydrogens (tertiary/aromatic N) is 3. The highest BCUT2D eigenvalue weighted by molar-refractivity contribution is 7.99. The van der Waals surface area contributed by atoms with Crippen LogP contribution in [-0.4, -0.2) is 26.4 Å². The molecule has 0 aliphatic carbocycles. The van der Waals surface area contributed by atoms with Crippen molar-refractivity contribution in [3.63, 3.8) is 0 Å². The van der Waals surface area contributed by atoms with Crippen molar-refractivity contribution in [3.05, 3.63) is 72.1 Å². The van der Waals surface area contributed by atoms with E-state index in [0.717, 1.165) is 33.9 Å². The molecule has 0 aliphatic rings. The first-order chi connectivity index (χ1) is 14.5. The van der Waals surface area contributed by atoms with Crippen LogP contribution >= 0.6 is 11.8 Å². The van der Waals surface area contributed by atoms with Crippen molar-refractivity contribution >= 4 is 23.4 Å². The van der Waals surface area contributed by atoms with Crippen LogP contribution in [0.15, 0.2) is 70.3 Å². The number of hydrogen-bond acceptors (Lipinski definition) is 5. The Hall–Kier alpha value is -3.32. The Morgan fingerprint density at radius 2 is 1.67 bits per heavy atom. The number of rotatable bonds is 6. The maximum Gasteiger partial charge on any atom is 0.257 e. The van der Waals surface area contributed by atoms with Crippen molar-refractivity contribution in [1.29, 1.82) is 0 Å². The molecule has 0 saturated carbocycles. The maximum atomic E-state index is 12.5. The van der Waals surface area contributed by atoms with E-state index in [2.05, 4.69) is 15.4 Å². The topological polar surface area (TPSA) is 73.0 Å². The molecule has 4 rings (SSSR count). The molecule has 6 nitrogen and oxygen atoms in total. The summed E-state index contributed by atoms with van der Waals surface area (Å²) in [4.78, 5) is 17.2. The summed E-state index contributed by atoms with van der Waals surface area (Å²) in [5.74, 6) is 0.764. The standard InChI is InChI=1S/C23H22N4O2S/c1-15-20(16(2)27(3)26-15)24-19(28)14-30-23-25-21(17-10-6-4-7-11-17)22(29-23)18-12-8-5-9-13-18/h4-13H,14H2,1-3H3,(H,24,28). The third-order valence-corrected chi connectivity index (χ3v) is 5.62. The van der Waals surface area contributed by atoms with Crippen LogP contribution in [0.4, 0.5) is 5.69 Å². The van der Waals surface area contributed by atoms with Crippen LogP contribution < -0.4 is 5.32 Å². The Kier molecular flexibility index (Phi) is 5.72. The summed E-state index contributed by atoms with van der Waals surface area (Å²) < 4.78 is 7.82. The molecule has 0 aliphatic heterocycles. The second-order valence-corrected chi connectivity index (χ2v) is 7.82. The van der Waals surface area contributed by atoms with E-state index in [0.29, 0.717) is 11.0 Å². The lowest BCUT2D eigenvalue weighted by molar-refractivity contribution is -0.113. The van der Waals surface area contributed by atoms with E-state index in [1.807, 2.05) is 81.6 Å². The molecule has 0 bridgehead atoms. The third-order valence-electron chi connectivity index (χ3n) is 4.79. The minimum absolute atomic E-state index is 0.125. The average Bonchev–Trinajstić information content (AvgIpc) is 3.30. The van der Waals surface area contributed by atoms with Gasteiger partial charge in [-0.15, -0.1) is 0 Å². The van der Waals surface area contributed by atoms with Gasteiger partial charge in [-0.1, -0.05) is 72.4 Å². The van der Waals surface area contributed by atoms with Gasteiger partial charge in [-0.25, -0.2) is 4.98 Å². The van der Waals surface area contributed by atoms with Crippen molar-refractivity contribution in [2.24, 2.45) is 7.05 Å². The van der Waals surface area contributed by atoms with Crippen molar-refractivity contribution in [2.75, 3.05) is 11.1 Å². The molecule has 0 atom stereocenters. The first kappa shape index (κ1) is 20.0. The number of oxazole rings is 1. The Labute approximate surface area is 179 Å². The summed E-state index contributed by atoms with van der Waals surface area (Å²) in [7, 11) is 1.86. The number of hydrogen-bond donors (Lipinski definition) is 1. The number of aromatic nitrogens is 3. The van der Waals surface area contributed by atoms with Crippen LogP contribution in [0.1, 0.15) is 11.4 Å². The van der Waals surface area contributed by atoms with Gasteiger partial charge in [0.2, 0.25) is 5.91 Å². The molecule has 2 heterocycles. The van der Waals surface area contributed by atoms with Gasteiger partial charge in [-0.3, -0.25) is 9.48 Å². The van der Waals surface area contributed by atoms with E-state index >= 15 is 0 Å². The Morgan fingerprint density at radius 3 is 2.27 bits per heavy atom. The fourth-order valence-electron chi connectivity index (χ4n) is 3.20. The first-order valence-electron chi connectivity index (χ1n) is 9.57. The number of amides is 1. The summed E-state index contributed by atoms with van der Waals surface area (Å²) in [5.41, 5.74) is 5.15. The monoisotopic (exact) mass is 418 g/mol. The third kappa shape index (κ3) is 4.16. The van der Waals surface area contributed by atoms with Gasteiger partial charge in [0.15, 0.2) is 5.76 Å². The molecule has 2 aromatic carbocycles. The molecule has 1 amide bonds. The van der Waals surface area contributed by atoms with Gasteiger partial charge < -0.3 is 9.73 Å². The molecular formula is C23H22N4O2S. The predicted octanol–water partition coefficient (Wildman–Crippen LogP) is 5.09. The van der Waals surface area contributed by atoms with Gasteiger partial charge in [-0.2, -0.15) is 5.10 Å². The van der Waals surface area contributed by atoms with Gasteiger partial charge >= 0.3 is 0 Å². The normalized spacial score (nSPS) is 10.9. The summed E-state index contributed by atoms with van der Waals surface area (Å²) in [5, 5.41) is 7.73. The highest BCUT2D eigenvalue weighted by Gasteiger charge is 2.19. The minimum atomic E-state index is -0.125. The van der Waals surface area contributed by atoms with E-state index in [9.17, 15) is 4.79 Å². The Balaban J connectivity index is 1.55. The molecule has 0 fully saturated rings. The van der Waals surface area contributed by atoms with E-state index in [4.69, 9.17) is 4.42 Å². The smallest absolute Gasteiger partial charge is 0.257 e. The number of benzene rings is 2. The molecule has 0 saturated heterocycles. The SMILES string of the molecule is Cc1nn(C)c(C)c1NC(=O)CSc1nc(-c2ccccc2)c(-c2ccccc2)o1. The second kappa shape index (κ2) is 8.59. The van der Waals surface area contributed by atoms with Crippen molar-refractivity contribution in [2.45, 2.75) is 19.1 Å². The number of aryl methyl sites for hydroxylation is 2. The molecule has 7 heteroatoms. The molecule has 2 aromatic heterocycles. The van der Waals surface area contributed by atoms with Crippen molar-refractivity contribution < 1.29 is 9.21 Å². The maximum absolute atomic E-state index is 12.5. The molecule has 152 valence electrons. The van der Waals surface area contributed by atoms with Crippen molar-refractivity contribution in [1.82, 2.24) is 14.8 Å². The van der Waals surface area contributed by atoms with Gasteiger partial charge in [0.05, 0.1) is 22.8 Å². The molecular weight excluding hydrogens is 396 g/mol. The lowest BCUT2D eigenvalue weighted by atomic mass is 10.1. The molecule has 0 spiro atoms. The predicted molar refractivity (Wildman–Crippen MR) is 119 cm³/mol. The number of carbonyl (C=O) groups is 1.